The van der Waals surface area contributed by atoms with Gasteiger partial charge in [0.2, 0.25) is 0 Å². The predicted octanol–water partition coefficient (Wildman–Crippen LogP) is 3.23. The van der Waals surface area contributed by atoms with E-state index in [9.17, 15) is 0 Å². The Labute approximate surface area is 130 Å². The Bertz CT molecular complexity index is 611. The Morgan fingerprint density at radius 2 is 1.86 bits per heavy atom. The van der Waals surface area contributed by atoms with Crippen LogP contribution in [0.25, 0.3) is 11.5 Å². The number of nitrogens with zero attached hydrogens (tertiary/aromatic N) is 3. The SMILES string of the molecule is c1cc(N2CCCCC2)ccc1-c1nc([C@H]2CCOC2)no1. The zero-order chi connectivity index (χ0) is 14.8. The Balaban J connectivity index is 1.50. The van der Waals surface area contributed by atoms with E-state index in [4.69, 9.17) is 9.26 Å². The number of hydrogen-bond acceptors (Lipinski definition) is 5. The molecule has 22 heavy (non-hydrogen) atoms. The first-order valence-electron chi connectivity index (χ1n) is 8.17. The third-order valence-electron chi connectivity index (χ3n) is 4.57. The van der Waals surface area contributed by atoms with Crippen LogP contribution in [0.15, 0.2) is 28.8 Å². The second-order valence-corrected chi connectivity index (χ2v) is 6.11. The van der Waals surface area contributed by atoms with E-state index in [0.29, 0.717) is 12.5 Å². The number of ether oxygens (including phenoxy) is 1. The molecular weight excluding hydrogens is 278 g/mol. The Morgan fingerprint density at radius 3 is 2.59 bits per heavy atom. The van der Waals surface area contributed by atoms with Gasteiger partial charge in [0.1, 0.15) is 0 Å². The molecule has 2 aliphatic heterocycles. The first-order chi connectivity index (χ1) is 10.9. The molecule has 116 valence electrons. The number of rotatable bonds is 3. The minimum absolute atomic E-state index is 0.283. The highest BCUT2D eigenvalue weighted by molar-refractivity contribution is 5.59. The van der Waals surface area contributed by atoms with Gasteiger partial charge in [-0.25, -0.2) is 0 Å². The smallest absolute Gasteiger partial charge is 0.257 e. The number of benzene rings is 1. The first kappa shape index (κ1) is 13.8. The number of hydrogen-bond donors (Lipinski definition) is 0. The van der Waals surface area contributed by atoms with Gasteiger partial charge in [0.25, 0.3) is 5.89 Å². The zero-order valence-electron chi connectivity index (χ0n) is 12.7. The Morgan fingerprint density at radius 1 is 1.05 bits per heavy atom. The van der Waals surface area contributed by atoms with Crippen molar-refractivity contribution >= 4 is 5.69 Å². The number of piperidine rings is 1. The molecule has 2 fully saturated rings. The Kier molecular flexibility index (Phi) is 3.81. The lowest BCUT2D eigenvalue weighted by atomic mass is 10.1. The van der Waals surface area contributed by atoms with E-state index in [1.165, 1.54) is 24.9 Å². The zero-order valence-corrected chi connectivity index (χ0v) is 12.7. The normalized spacial score (nSPS) is 22.2. The summed E-state index contributed by atoms with van der Waals surface area (Å²) in [5, 5.41) is 4.11. The maximum absolute atomic E-state index is 5.42. The van der Waals surface area contributed by atoms with Crippen LogP contribution in [0.3, 0.4) is 0 Å². The molecule has 1 aromatic carbocycles. The standard InChI is InChI=1S/C17H21N3O2/c1-2-9-20(10-3-1)15-6-4-13(5-7-15)17-18-16(19-22-17)14-8-11-21-12-14/h4-7,14H,1-3,8-12H2/t14-/m0/s1. The minimum Gasteiger partial charge on any atom is -0.381 e. The molecule has 1 aromatic heterocycles. The van der Waals surface area contributed by atoms with Crippen LogP contribution in [0.5, 0.6) is 0 Å². The molecule has 0 spiro atoms. The van der Waals surface area contributed by atoms with Crippen molar-refractivity contribution in [1.29, 1.82) is 0 Å². The van der Waals surface area contributed by atoms with Crippen molar-refractivity contribution in [3.05, 3.63) is 30.1 Å². The van der Waals surface area contributed by atoms with E-state index in [-0.39, 0.29) is 5.92 Å². The average Bonchev–Trinajstić information content (AvgIpc) is 3.27. The molecule has 2 aromatic rings. The minimum atomic E-state index is 0.283. The van der Waals surface area contributed by atoms with Gasteiger partial charge in [-0.15, -0.1) is 0 Å². The second-order valence-electron chi connectivity index (χ2n) is 6.11. The van der Waals surface area contributed by atoms with Gasteiger partial charge in [-0.1, -0.05) is 5.16 Å². The van der Waals surface area contributed by atoms with Crippen LogP contribution in [0.4, 0.5) is 5.69 Å². The van der Waals surface area contributed by atoms with Crippen LogP contribution in [0, 0.1) is 0 Å². The Hall–Kier alpha value is -1.88. The quantitative estimate of drug-likeness (QED) is 0.871. The lowest BCUT2D eigenvalue weighted by Gasteiger charge is -2.28. The summed E-state index contributed by atoms with van der Waals surface area (Å²) in [4.78, 5) is 6.98. The molecule has 0 bridgehead atoms. The molecule has 0 amide bonds. The highest BCUT2D eigenvalue weighted by atomic mass is 16.5. The van der Waals surface area contributed by atoms with E-state index in [0.717, 1.165) is 37.5 Å². The summed E-state index contributed by atoms with van der Waals surface area (Å²) in [7, 11) is 0. The van der Waals surface area contributed by atoms with Crippen molar-refractivity contribution in [2.75, 3.05) is 31.2 Å². The molecule has 4 rings (SSSR count). The fraction of sp³-hybridized carbons (Fsp3) is 0.529. The summed E-state index contributed by atoms with van der Waals surface area (Å²) < 4.78 is 10.8. The van der Waals surface area contributed by atoms with E-state index in [2.05, 4.69) is 39.3 Å². The number of anilines is 1. The van der Waals surface area contributed by atoms with E-state index < -0.39 is 0 Å². The van der Waals surface area contributed by atoms with Crippen molar-refractivity contribution in [3.63, 3.8) is 0 Å². The second kappa shape index (κ2) is 6.08. The molecule has 5 nitrogen and oxygen atoms in total. The molecule has 2 saturated heterocycles. The summed E-state index contributed by atoms with van der Waals surface area (Å²) >= 11 is 0. The van der Waals surface area contributed by atoms with E-state index >= 15 is 0 Å². The first-order valence-corrected chi connectivity index (χ1v) is 8.17. The molecule has 0 saturated carbocycles. The molecule has 3 heterocycles. The van der Waals surface area contributed by atoms with Crippen LogP contribution in [-0.2, 0) is 4.74 Å². The van der Waals surface area contributed by atoms with Gasteiger partial charge in [0.05, 0.1) is 6.61 Å². The third-order valence-corrected chi connectivity index (χ3v) is 4.57. The molecular formula is C17H21N3O2. The molecule has 5 heteroatoms. The van der Waals surface area contributed by atoms with Crippen molar-refractivity contribution in [3.8, 4) is 11.5 Å². The van der Waals surface area contributed by atoms with Gasteiger partial charge in [0, 0.05) is 36.9 Å². The fourth-order valence-electron chi connectivity index (χ4n) is 3.22. The summed E-state index contributed by atoms with van der Waals surface area (Å²) in [6, 6.07) is 8.46. The highest BCUT2D eigenvalue weighted by Crippen LogP contribution is 2.27. The fourth-order valence-corrected chi connectivity index (χ4v) is 3.22. The van der Waals surface area contributed by atoms with E-state index in [1.807, 2.05) is 0 Å². The summed E-state index contributed by atoms with van der Waals surface area (Å²) in [5.41, 5.74) is 2.27. The van der Waals surface area contributed by atoms with Gasteiger partial charge in [-0.05, 0) is 49.9 Å². The average molecular weight is 299 g/mol. The topological polar surface area (TPSA) is 51.4 Å². The molecule has 1 atom stereocenters. The molecule has 0 aliphatic carbocycles. The van der Waals surface area contributed by atoms with Crippen molar-refractivity contribution < 1.29 is 9.26 Å². The highest BCUT2D eigenvalue weighted by Gasteiger charge is 2.23. The van der Waals surface area contributed by atoms with Gasteiger partial charge >= 0.3 is 0 Å². The van der Waals surface area contributed by atoms with Crippen LogP contribution in [0.1, 0.15) is 37.4 Å². The molecule has 0 unspecified atom stereocenters. The van der Waals surface area contributed by atoms with Crippen LogP contribution in [-0.4, -0.2) is 36.4 Å². The molecule has 0 N–H and O–H groups in total. The van der Waals surface area contributed by atoms with Gasteiger partial charge in [0.15, 0.2) is 5.82 Å². The lowest BCUT2D eigenvalue weighted by Crippen LogP contribution is -2.29. The predicted molar refractivity (Wildman–Crippen MR) is 84.0 cm³/mol. The summed E-state index contributed by atoms with van der Waals surface area (Å²) in [6.07, 6.45) is 4.91. The van der Waals surface area contributed by atoms with Crippen LogP contribution < -0.4 is 4.90 Å². The largest absolute Gasteiger partial charge is 0.381 e. The third kappa shape index (κ3) is 2.73. The number of aromatic nitrogens is 2. The molecule has 2 aliphatic rings. The maximum atomic E-state index is 5.42. The summed E-state index contributed by atoms with van der Waals surface area (Å²) in [6.45, 7) is 3.81. The van der Waals surface area contributed by atoms with Crippen molar-refractivity contribution in [2.45, 2.75) is 31.6 Å². The molecule has 0 radical (unpaired) electrons. The van der Waals surface area contributed by atoms with Gasteiger partial charge in [-0.2, -0.15) is 4.98 Å². The summed E-state index contributed by atoms with van der Waals surface area (Å²) in [5.74, 6) is 1.66. The lowest BCUT2D eigenvalue weighted by molar-refractivity contribution is 0.192. The van der Waals surface area contributed by atoms with Crippen molar-refractivity contribution in [1.82, 2.24) is 10.1 Å². The van der Waals surface area contributed by atoms with Crippen molar-refractivity contribution in [2.24, 2.45) is 0 Å². The monoisotopic (exact) mass is 299 g/mol. The van der Waals surface area contributed by atoms with Gasteiger partial charge in [-0.3, -0.25) is 0 Å². The van der Waals surface area contributed by atoms with Crippen LogP contribution in [0.2, 0.25) is 0 Å². The van der Waals surface area contributed by atoms with E-state index in [1.54, 1.807) is 0 Å². The maximum Gasteiger partial charge on any atom is 0.257 e. The van der Waals surface area contributed by atoms with Gasteiger partial charge < -0.3 is 14.2 Å². The van der Waals surface area contributed by atoms with Crippen LogP contribution >= 0.6 is 0 Å².